The molecule has 0 saturated heterocycles. The van der Waals surface area contributed by atoms with Crippen LogP contribution in [-0.4, -0.2) is 24.1 Å². The number of rotatable bonds is 7. The number of nitrogens with two attached hydrogens (primary N) is 1. The standard InChI is InChI=1S/C15H16N2O2S2/c16-15(20)12-5-1-2-6-13(12)17-14(18)10-19-8-7-11-4-3-9-21-11/h1-6,9H,7-8,10H2,(H2,16,20)(H,17,18). The third-order valence-electron chi connectivity index (χ3n) is 2.77. The van der Waals surface area contributed by atoms with E-state index in [1.807, 2.05) is 29.6 Å². The molecule has 0 saturated carbocycles. The zero-order valence-corrected chi connectivity index (χ0v) is 13.0. The van der Waals surface area contributed by atoms with Crippen LogP contribution in [0, 0.1) is 0 Å². The third-order valence-corrected chi connectivity index (χ3v) is 3.93. The monoisotopic (exact) mass is 320 g/mol. The summed E-state index contributed by atoms with van der Waals surface area (Å²) in [5.74, 6) is -0.218. The summed E-state index contributed by atoms with van der Waals surface area (Å²) >= 11 is 6.63. The van der Waals surface area contributed by atoms with Crippen LogP contribution >= 0.6 is 23.6 Å². The normalized spacial score (nSPS) is 10.3. The van der Waals surface area contributed by atoms with Crippen molar-refractivity contribution in [2.45, 2.75) is 6.42 Å². The molecule has 0 aliphatic carbocycles. The predicted molar refractivity (Wildman–Crippen MR) is 89.8 cm³/mol. The molecule has 3 N–H and O–H groups in total. The number of carbonyl (C=O) groups is 1. The summed E-state index contributed by atoms with van der Waals surface area (Å²) in [5.41, 5.74) is 6.88. The fourth-order valence-electron chi connectivity index (χ4n) is 1.79. The lowest BCUT2D eigenvalue weighted by Gasteiger charge is -2.10. The van der Waals surface area contributed by atoms with Gasteiger partial charge in [0.05, 0.1) is 12.3 Å². The van der Waals surface area contributed by atoms with Gasteiger partial charge in [0, 0.05) is 16.9 Å². The Balaban J connectivity index is 1.78. The highest BCUT2D eigenvalue weighted by molar-refractivity contribution is 7.80. The number of benzene rings is 1. The van der Waals surface area contributed by atoms with Gasteiger partial charge in [0.15, 0.2) is 0 Å². The smallest absolute Gasteiger partial charge is 0.250 e. The summed E-state index contributed by atoms with van der Waals surface area (Å²) in [6, 6.07) is 11.2. The first-order valence-corrected chi connectivity index (χ1v) is 7.74. The molecule has 4 nitrogen and oxygen atoms in total. The van der Waals surface area contributed by atoms with Crippen LogP contribution in [0.2, 0.25) is 0 Å². The zero-order valence-electron chi connectivity index (χ0n) is 11.4. The molecule has 1 aromatic heterocycles. The van der Waals surface area contributed by atoms with Gasteiger partial charge in [-0.2, -0.15) is 0 Å². The molecule has 110 valence electrons. The maximum atomic E-state index is 11.8. The molecule has 0 aliphatic heterocycles. The van der Waals surface area contributed by atoms with Gasteiger partial charge in [0.1, 0.15) is 11.6 Å². The Kier molecular flexibility index (Phi) is 5.86. The highest BCUT2D eigenvalue weighted by Crippen LogP contribution is 2.14. The molecule has 6 heteroatoms. The zero-order chi connectivity index (χ0) is 15.1. The van der Waals surface area contributed by atoms with Crippen LogP contribution in [0.4, 0.5) is 5.69 Å². The molecule has 1 amide bonds. The number of amides is 1. The van der Waals surface area contributed by atoms with Gasteiger partial charge < -0.3 is 15.8 Å². The molecule has 2 rings (SSSR count). The Labute approximate surface area is 132 Å². The van der Waals surface area contributed by atoms with Gasteiger partial charge in [-0.25, -0.2) is 0 Å². The van der Waals surface area contributed by atoms with Gasteiger partial charge in [-0.1, -0.05) is 30.4 Å². The van der Waals surface area contributed by atoms with Crippen molar-refractivity contribution in [3.05, 3.63) is 52.2 Å². The summed E-state index contributed by atoms with van der Waals surface area (Å²) in [6.45, 7) is 0.530. The van der Waals surface area contributed by atoms with Gasteiger partial charge in [-0.3, -0.25) is 4.79 Å². The number of para-hydroxylation sites is 1. The minimum atomic E-state index is -0.218. The average molecular weight is 320 g/mol. The Bertz CT molecular complexity index is 612. The van der Waals surface area contributed by atoms with Crippen molar-refractivity contribution in [3.63, 3.8) is 0 Å². The summed E-state index contributed by atoms with van der Waals surface area (Å²) in [4.78, 5) is 13.3. The average Bonchev–Trinajstić information content (AvgIpc) is 2.97. The number of thiocarbonyl (C=S) groups is 1. The molecule has 0 fully saturated rings. The number of nitrogens with one attached hydrogen (secondary N) is 1. The molecule has 0 bridgehead atoms. The molecule has 1 heterocycles. The van der Waals surface area contributed by atoms with Crippen LogP contribution < -0.4 is 11.1 Å². The number of anilines is 1. The first-order valence-electron chi connectivity index (χ1n) is 6.45. The van der Waals surface area contributed by atoms with Gasteiger partial charge in [-0.05, 0) is 23.6 Å². The van der Waals surface area contributed by atoms with Crippen molar-refractivity contribution in [2.24, 2.45) is 5.73 Å². The van der Waals surface area contributed by atoms with Crippen molar-refractivity contribution in [1.29, 1.82) is 0 Å². The second-order valence-electron chi connectivity index (χ2n) is 4.34. The number of hydrogen-bond donors (Lipinski definition) is 2. The minimum absolute atomic E-state index is 0.0110. The molecular formula is C15H16N2O2S2. The van der Waals surface area contributed by atoms with Crippen LogP contribution in [0.1, 0.15) is 10.4 Å². The van der Waals surface area contributed by atoms with E-state index in [2.05, 4.69) is 5.32 Å². The Morgan fingerprint density at radius 2 is 2.10 bits per heavy atom. The van der Waals surface area contributed by atoms with E-state index in [-0.39, 0.29) is 17.5 Å². The van der Waals surface area contributed by atoms with Crippen molar-refractivity contribution >= 4 is 40.1 Å². The number of thiophene rings is 1. The van der Waals surface area contributed by atoms with E-state index in [1.54, 1.807) is 23.5 Å². The first kappa shape index (κ1) is 15.6. The first-order chi connectivity index (χ1) is 10.2. The van der Waals surface area contributed by atoms with Crippen LogP contribution in [0.25, 0.3) is 0 Å². The van der Waals surface area contributed by atoms with E-state index in [9.17, 15) is 4.79 Å². The van der Waals surface area contributed by atoms with E-state index in [0.717, 1.165) is 6.42 Å². The van der Waals surface area contributed by atoms with Crippen LogP contribution in [0.3, 0.4) is 0 Å². The van der Waals surface area contributed by atoms with Crippen molar-refractivity contribution in [2.75, 3.05) is 18.5 Å². The quantitative estimate of drug-likeness (QED) is 0.608. The Morgan fingerprint density at radius 1 is 1.29 bits per heavy atom. The molecular weight excluding hydrogens is 304 g/mol. The SMILES string of the molecule is NC(=S)c1ccccc1NC(=O)COCCc1cccs1. The summed E-state index contributed by atoms with van der Waals surface area (Å²) in [5, 5.41) is 4.78. The molecule has 0 radical (unpaired) electrons. The largest absolute Gasteiger partial charge is 0.389 e. The van der Waals surface area contributed by atoms with Crippen molar-refractivity contribution in [1.82, 2.24) is 0 Å². The molecule has 0 unspecified atom stereocenters. The molecule has 0 atom stereocenters. The van der Waals surface area contributed by atoms with Gasteiger partial charge in [0.25, 0.3) is 0 Å². The Hall–Kier alpha value is -1.76. The fourth-order valence-corrected chi connectivity index (χ4v) is 2.65. The highest BCUT2D eigenvalue weighted by Gasteiger charge is 2.08. The number of carbonyl (C=O) groups excluding carboxylic acids is 1. The maximum absolute atomic E-state index is 11.8. The summed E-state index contributed by atoms with van der Waals surface area (Å²) in [7, 11) is 0. The van der Waals surface area contributed by atoms with Crippen LogP contribution in [0.15, 0.2) is 41.8 Å². The second kappa shape index (κ2) is 7.87. The van der Waals surface area contributed by atoms with Crippen LogP contribution in [-0.2, 0) is 16.0 Å². The molecule has 0 spiro atoms. The lowest BCUT2D eigenvalue weighted by atomic mass is 10.2. The third kappa shape index (κ3) is 4.93. The fraction of sp³-hybridized carbons (Fsp3) is 0.200. The lowest BCUT2D eigenvalue weighted by molar-refractivity contribution is -0.120. The molecule has 2 aromatic rings. The van der Waals surface area contributed by atoms with Crippen LogP contribution in [0.5, 0.6) is 0 Å². The van der Waals surface area contributed by atoms with E-state index in [4.69, 9.17) is 22.7 Å². The van der Waals surface area contributed by atoms with E-state index in [1.165, 1.54) is 4.88 Å². The van der Waals surface area contributed by atoms with E-state index >= 15 is 0 Å². The molecule has 21 heavy (non-hydrogen) atoms. The number of ether oxygens (including phenoxy) is 1. The van der Waals surface area contributed by atoms with E-state index in [0.29, 0.717) is 17.9 Å². The predicted octanol–water partition coefficient (Wildman–Crippen LogP) is 2.58. The van der Waals surface area contributed by atoms with E-state index < -0.39 is 0 Å². The van der Waals surface area contributed by atoms with Gasteiger partial charge >= 0.3 is 0 Å². The van der Waals surface area contributed by atoms with Gasteiger partial charge in [0.2, 0.25) is 5.91 Å². The molecule has 0 aliphatic rings. The lowest BCUT2D eigenvalue weighted by Crippen LogP contribution is -2.21. The van der Waals surface area contributed by atoms with Crippen molar-refractivity contribution < 1.29 is 9.53 Å². The summed E-state index contributed by atoms with van der Waals surface area (Å²) in [6.07, 6.45) is 0.814. The highest BCUT2D eigenvalue weighted by atomic mass is 32.1. The number of hydrogen-bond acceptors (Lipinski definition) is 4. The topological polar surface area (TPSA) is 64.3 Å². The van der Waals surface area contributed by atoms with Crippen molar-refractivity contribution in [3.8, 4) is 0 Å². The minimum Gasteiger partial charge on any atom is -0.389 e. The Morgan fingerprint density at radius 3 is 2.81 bits per heavy atom. The molecule has 1 aromatic carbocycles. The maximum Gasteiger partial charge on any atom is 0.250 e. The van der Waals surface area contributed by atoms with Gasteiger partial charge in [-0.15, -0.1) is 11.3 Å². The second-order valence-corrected chi connectivity index (χ2v) is 5.81. The summed E-state index contributed by atoms with van der Waals surface area (Å²) < 4.78 is 5.37.